The molecule has 1 aromatic carbocycles. The molecule has 0 atom stereocenters. The molecular formula is C14H18ClFO4S. The minimum atomic E-state index is -3.63. The molecule has 118 valence electrons. The maximum atomic E-state index is 13.1. The van der Waals surface area contributed by atoms with Crippen molar-refractivity contribution in [3.05, 3.63) is 29.6 Å². The van der Waals surface area contributed by atoms with Crippen LogP contribution in [-0.2, 0) is 13.8 Å². The SMILES string of the molecule is Cc1cc(F)ccc1OCC1(CS(=O)(=O)Cl)CCOCC1. The molecule has 0 saturated carbocycles. The highest BCUT2D eigenvalue weighted by molar-refractivity contribution is 8.13. The molecule has 21 heavy (non-hydrogen) atoms. The average Bonchev–Trinajstić information content (AvgIpc) is 2.37. The van der Waals surface area contributed by atoms with Crippen molar-refractivity contribution in [2.45, 2.75) is 19.8 Å². The summed E-state index contributed by atoms with van der Waals surface area (Å²) in [6.07, 6.45) is 1.14. The summed E-state index contributed by atoms with van der Waals surface area (Å²) in [4.78, 5) is 0. The monoisotopic (exact) mass is 336 g/mol. The quantitative estimate of drug-likeness (QED) is 0.776. The van der Waals surface area contributed by atoms with Gasteiger partial charge in [-0.2, -0.15) is 0 Å². The van der Waals surface area contributed by atoms with E-state index in [-0.39, 0.29) is 18.2 Å². The molecule has 0 unspecified atom stereocenters. The fourth-order valence-corrected chi connectivity index (χ4v) is 4.30. The molecular weight excluding hydrogens is 319 g/mol. The zero-order valence-corrected chi connectivity index (χ0v) is 13.3. The summed E-state index contributed by atoms with van der Waals surface area (Å²) >= 11 is 0. The largest absolute Gasteiger partial charge is 0.493 e. The normalized spacial score (nSPS) is 18.4. The van der Waals surface area contributed by atoms with E-state index in [9.17, 15) is 12.8 Å². The van der Waals surface area contributed by atoms with Gasteiger partial charge in [-0.3, -0.25) is 0 Å². The number of hydrogen-bond acceptors (Lipinski definition) is 4. The van der Waals surface area contributed by atoms with E-state index in [2.05, 4.69) is 0 Å². The van der Waals surface area contributed by atoms with Crippen molar-refractivity contribution in [1.82, 2.24) is 0 Å². The molecule has 0 bridgehead atoms. The Labute approximate surface area is 128 Å². The Morgan fingerprint density at radius 3 is 2.62 bits per heavy atom. The molecule has 7 heteroatoms. The molecule has 1 saturated heterocycles. The van der Waals surface area contributed by atoms with E-state index in [1.807, 2.05) is 0 Å². The number of aryl methyl sites for hydroxylation is 1. The second-order valence-electron chi connectivity index (χ2n) is 5.49. The van der Waals surface area contributed by atoms with Gasteiger partial charge in [0.05, 0.1) is 12.4 Å². The topological polar surface area (TPSA) is 52.6 Å². The summed E-state index contributed by atoms with van der Waals surface area (Å²) in [5.74, 6) is 0.0729. The summed E-state index contributed by atoms with van der Waals surface area (Å²) in [5.41, 5.74) is 0.116. The van der Waals surface area contributed by atoms with Crippen molar-refractivity contribution in [2.75, 3.05) is 25.6 Å². The van der Waals surface area contributed by atoms with E-state index < -0.39 is 14.5 Å². The highest BCUT2D eigenvalue weighted by Gasteiger charge is 2.37. The predicted octanol–water partition coefficient (Wildman–Crippen LogP) is 2.88. The standard InChI is InChI=1S/C14H18ClFO4S/c1-11-8-12(16)2-3-13(11)20-9-14(10-21(15,17)18)4-6-19-7-5-14/h2-3,8H,4-7,9-10H2,1H3. The summed E-state index contributed by atoms with van der Waals surface area (Å²) in [7, 11) is 1.79. The van der Waals surface area contributed by atoms with Gasteiger partial charge in [-0.05, 0) is 43.5 Å². The Bertz CT molecular complexity index is 597. The summed E-state index contributed by atoms with van der Waals surface area (Å²) in [6, 6.07) is 4.24. The Balaban J connectivity index is 2.12. The number of halogens is 2. The summed E-state index contributed by atoms with van der Waals surface area (Å²) in [5, 5.41) is 0. The van der Waals surface area contributed by atoms with Gasteiger partial charge in [0.2, 0.25) is 9.05 Å². The van der Waals surface area contributed by atoms with Gasteiger partial charge in [0.25, 0.3) is 0 Å². The van der Waals surface area contributed by atoms with E-state index in [1.165, 1.54) is 12.1 Å². The van der Waals surface area contributed by atoms with Crippen LogP contribution in [0.2, 0.25) is 0 Å². The van der Waals surface area contributed by atoms with Crippen molar-refractivity contribution in [3.63, 3.8) is 0 Å². The molecule has 0 aliphatic carbocycles. The lowest BCUT2D eigenvalue weighted by atomic mass is 9.83. The lowest BCUT2D eigenvalue weighted by Crippen LogP contribution is -2.40. The zero-order valence-electron chi connectivity index (χ0n) is 11.8. The highest BCUT2D eigenvalue weighted by atomic mass is 35.7. The first-order valence-corrected chi connectivity index (χ1v) is 9.17. The Hall–Kier alpha value is -0.850. The fraction of sp³-hybridized carbons (Fsp3) is 0.571. The van der Waals surface area contributed by atoms with Gasteiger partial charge in [-0.1, -0.05) is 0 Å². The van der Waals surface area contributed by atoms with Crippen LogP contribution in [-0.4, -0.2) is 34.0 Å². The molecule has 1 heterocycles. The van der Waals surface area contributed by atoms with Crippen LogP contribution in [0, 0.1) is 18.2 Å². The maximum absolute atomic E-state index is 13.1. The zero-order chi connectivity index (χ0) is 15.5. The van der Waals surface area contributed by atoms with Gasteiger partial charge < -0.3 is 9.47 Å². The van der Waals surface area contributed by atoms with Crippen LogP contribution in [0.5, 0.6) is 5.75 Å². The third kappa shape index (κ3) is 4.83. The predicted molar refractivity (Wildman–Crippen MR) is 78.8 cm³/mol. The lowest BCUT2D eigenvalue weighted by Gasteiger charge is -2.35. The van der Waals surface area contributed by atoms with Crippen LogP contribution < -0.4 is 4.74 Å². The van der Waals surface area contributed by atoms with Gasteiger partial charge in [-0.25, -0.2) is 12.8 Å². The first kappa shape index (κ1) is 16.5. The molecule has 0 spiro atoms. The molecule has 1 aromatic rings. The maximum Gasteiger partial charge on any atom is 0.233 e. The van der Waals surface area contributed by atoms with Crippen LogP contribution in [0.3, 0.4) is 0 Å². The van der Waals surface area contributed by atoms with Crippen molar-refractivity contribution >= 4 is 19.7 Å². The number of rotatable bonds is 5. The minimum absolute atomic E-state index is 0.148. The summed E-state index contributed by atoms with van der Waals surface area (Å²) in [6.45, 7) is 2.93. The van der Waals surface area contributed by atoms with Crippen molar-refractivity contribution in [2.24, 2.45) is 5.41 Å². The van der Waals surface area contributed by atoms with E-state index in [0.29, 0.717) is 37.4 Å². The van der Waals surface area contributed by atoms with Gasteiger partial charge in [0.1, 0.15) is 11.6 Å². The molecule has 0 amide bonds. The van der Waals surface area contributed by atoms with Crippen molar-refractivity contribution < 1.29 is 22.3 Å². The fourth-order valence-electron chi connectivity index (χ4n) is 2.51. The molecule has 1 aliphatic heterocycles. The Kier molecular flexibility index (Phi) is 5.11. The van der Waals surface area contributed by atoms with Crippen LogP contribution in [0.15, 0.2) is 18.2 Å². The first-order chi connectivity index (χ1) is 9.80. The minimum Gasteiger partial charge on any atom is -0.493 e. The number of benzene rings is 1. The van der Waals surface area contributed by atoms with E-state index in [0.717, 1.165) is 0 Å². The van der Waals surface area contributed by atoms with Crippen LogP contribution in [0.25, 0.3) is 0 Å². The highest BCUT2D eigenvalue weighted by Crippen LogP contribution is 2.34. The Morgan fingerprint density at radius 2 is 2.05 bits per heavy atom. The molecule has 2 rings (SSSR count). The van der Waals surface area contributed by atoms with E-state index >= 15 is 0 Å². The van der Waals surface area contributed by atoms with Gasteiger partial charge in [0.15, 0.2) is 0 Å². The van der Waals surface area contributed by atoms with E-state index in [1.54, 1.807) is 13.0 Å². The third-order valence-electron chi connectivity index (χ3n) is 3.70. The molecule has 1 aliphatic rings. The van der Waals surface area contributed by atoms with Gasteiger partial charge in [0, 0.05) is 29.3 Å². The van der Waals surface area contributed by atoms with Crippen molar-refractivity contribution in [3.8, 4) is 5.75 Å². The molecule has 1 fully saturated rings. The van der Waals surface area contributed by atoms with Crippen LogP contribution in [0.4, 0.5) is 4.39 Å². The molecule has 4 nitrogen and oxygen atoms in total. The van der Waals surface area contributed by atoms with Crippen molar-refractivity contribution in [1.29, 1.82) is 0 Å². The van der Waals surface area contributed by atoms with Crippen LogP contribution >= 0.6 is 10.7 Å². The molecule has 0 radical (unpaired) electrons. The second-order valence-corrected chi connectivity index (χ2v) is 8.27. The third-order valence-corrected chi connectivity index (χ3v) is 4.99. The average molecular weight is 337 g/mol. The number of ether oxygens (including phenoxy) is 2. The molecule has 0 N–H and O–H groups in total. The Morgan fingerprint density at radius 1 is 1.38 bits per heavy atom. The molecule has 0 aromatic heterocycles. The first-order valence-electron chi connectivity index (χ1n) is 6.69. The number of hydrogen-bond donors (Lipinski definition) is 0. The van der Waals surface area contributed by atoms with Gasteiger partial charge in [-0.15, -0.1) is 0 Å². The lowest BCUT2D eigenvalue weighted by molar-refractivity contribution is 0.00216. The van der Waals surface area contributed by atoms with Crippen LogP contribution in [0.1, 0.15) is 18.4 Å². The summed E-state index contributed by atoms with van der Waals surface area (Å²) < 4.78 is 47.0. The van der Waals surface area contributed by atoms with Gasteiger partial charge >= 0.3 is 0 Å². The smallest absolute Gasteiger partial charge is 0.233 e. The van der Waals surface area contributed by atoms with E-state index in [4.69, 9.17) is 20.2 Å². The second kappa shape index (κ2) is 6.50.